The van der Waals surface area contributed by atoms with Gasteiger partial charge in [-0.2, -0.15) is 0 Å². The van der Waals surface area contributed by atoms with Crippen LogP contribution in [0.15, 0.2) is 24.3 Å². The Morgan fingerprint density at radius 1 is 1.00 bits per heavy atom. The quantitative estimate of drug-likeness (QED) is 0.179. The number of nitrogens with one attached hydrogen (secondary N) is 3. The molecule has 0 saturated heterocycles. The Kier molecular flexibility index (Phi) is 11.9. The van der Waals surface area contributed by atoms with E-state index >= 15 is 0 Å². The van der Waals surface area contributed by atoms with Crippen molar-refractivity contribution in [2.45, 2.75) is 57.8 Å². The van der Waals surface area contributed by atoms with Crippen LogP contribution in [0.2, 0.25) is 0 Å². The Morgan fingerprint density at radius 3 is 2.09 bits per heavy atom. The van der Waals surface area contributed by atoms with Gasteiger partial charge >= 0.3 is 0 Å². The number of rotatable bonds is 15. The molecule has 1 aromatic carbocycles. The van der Waals surface area contributed by atoms with E-state index < -0.39 is 48.2 Å². The molecule has 0 fully saturated rings. The normalized spacial score (nSPS) is 14.9. The van der Waals surface area contributed by atoms with E-state index in [0.29, 0.717) is 0 Å². The summed E-state index contributed by atoms with van der Waals surface area (Å²) < 4.78 is 0. The highest BCUT2D eigenvalue weighted by Gasteiger charge is 2.33. The number of aliphatic hydroxyl groups is 1. The van der Waals surface area contributed by atoms with Crippen molar-refractivity contribution in [1.82, 2.24) is 16.0 Å². The molecule has 4 atom stereocenters. The Labute approximate surface area is 194 Å². The maximum Gasteiger partial charge on any atom is 0.237 e. The van der Waals surface area contributed by atoms with Crippen LogP contribution >= 0.6 is 0 Å². The fourth-order valence-electron chi connectivity index (χ4n) is 3.08. The molecule has 0 aliphatic carbocycles. The number of nitrogens with two attached hydrogens (primary N) is 1. The van der Waals surface area contributed by atoms with Crippen molar-refractivity contribution >= 4 is 23.3 Å². The van der Waals surface area contributed by atoms with Gasteiger partial charge in [0, 0.05) is 0 Å². The summed E-state index contributed by atoms with van der Waals surface area (Å²) in [4.78, 5) is 50.2. The Hall–Kier alpha value is -2.66. The SMILES string of the molecule is CN[C@@H](C)C(=O)CN[C@@H](CO)C(=O)C(=O)[C@H](CC(C)C)NC(=O)[C@@H](N)Cc1ccc(O)cc1. The monoisotopic (exact) mass is 464 g/mol. The maximum absolute atomic E-state index is 12.9. The van der Waals surface area contributed by atoms with Crippen molar-refractivity contribution in [3.05, 3.63) is 29.8 Å². The number of carbonyl (C=O) groups excluding carboxylic acids is 4. The molecule has 0 aliphatic rings. The second kappa shape index (κ2) is 13.8. The van der Waals surface area contributed by atoms with Crippen LogP contribution in [0.1, 0.15) is 32.8 Å². The summed E-state index contributed by atoms with van der Waals surface area (Å²) in [6.07, 6.45) is 0.380. The van der Waals surface area contributed by atoms with Gasteiger partial charge in [-0.25, -0.2) is 0 Å². The molecule has 0 saturated carbocycles. The van der Waals surface area contributed by atoms with Crippen LogP contribution in [0.3, 0.4) is 0 Å². The highest BCUT2D eigenvalue weighted by Crippen LogP contribution is 2.12. The standard InChI is InChI=1S/C23H36N4O6/c1-13(2)9-18(27-23(33)17(24)10-15-5-7-16(29)8-6-15)21(31)22(32)19(12-28)26-11-20(30)14(3)25-4/h5-8,13-14,17-19,25-26,28-29H,9-12,24H2,1-4H3,(H,27,33)/t14-,17-,18-,19-/m0/s1. The van der Waals surface area contributed by atoms with E-state index in [-0.39, 0.29) is 36.8 Å². The topological polar surface area (TPSA) is 171 Å². The lowest BCUT2D eigenvalue weighted by Gasteiger charge is -2.23. The molecular weight excluding hydrogens is 428 g/mol. The Balaban J connectivity index is 2.84. The average Bonchev–Trinajstić information content (AvgIpc) is 2.78. The van der Waals surface area contributed by atoms with E-state index in [9.17, 15) is 29.4 Å². The van der Waals surface area contributed by atoms with Gasteiger partial charge in [0.1, 0.15) is 5.75 Å². The number of phenolic OH excluding ortho intramolecular Hbond substituents is 1. The van der Waals surface area contributed by atoms with Gasteiger partial charge in [0.15, 0.2) is 5.78 Å². The molecule has 1 aromatic rings. The van der Waals surface area contributed by atoms with Crippen molar-refractivity contribution in [3.8, 4) is 5.75 Å². The second-order valence-electron chi connectivity index (χ2n) is 8.49. The molecular formula is C23H36N4O6. The number of benzene rings is 1. The number of aromatic hydroxyl groups is 1. The zero-order valence-electron chi connectivity index (χ0n) is 19.6. The maximum atomic E-state index is 12.9. The average molecular weight is 465 g/mol. The number of likely N-dealkylation sites (N-methyl/N-ethyl adjacent to an activating group) is 1. The van der Waals surface area contributed by atoms with E-state index in [4.69, 9.17) is 5.73 Å². The van der Waals surface area contributed by atoms with Crippen LogP contribution in [0.4, 0.5) is 0 Å². The van der Waals surface area contributed by atoms with Gasteiger partial charge in [-0.05, 0) is 50.4 Å². The van der Waals surface area contributed by atoms with Crippen molar-refractivity contribution in [2.75, 3.05) is 20.2 Å². The first-order chi connectivity index (χ1) is 15.5. The molecule has 0 spiro atoms. The molecule has 1 amide bonds. The number of hydrogen-bond acceptors (Lipinski definition) is 9. The van der Waals surface area contributed by atoms with Gasteiger partial charge in [0.25, 0.3) is 0 Å². The third-order valence-electron chi connectivity index (χ3n) is 5.25. The molecule has 0 radical (unpaired) electrons. The van der Waals surface area contributed by atoms with E-state index in [1.165, 1.54) is 12.1 Å². The molecule has 0 bridgehead atoms. The molecule has 0 aliphatic heterocycles. The number of hydrogen-bond donors (Lipinski definition) is 6. The van der Waals surface area contributed by atoms with E-state index in [0.717, 1.165) is 5.56 Å². The number of phenols is 1. The number of aliphatic hydroxyl groups excluding tert-OH is 1. The molecule has 0 unspecified atom stereocenters. The molecule has 1 rings (SSSR count). The van der Waals surface area contributed by atoms with Crippen LogP contribution < -0.4 is 21.7 Å². The third kappa shape index (κ3) is 9.39. The third-order valence-corrected chi connectivity index (χ3v) is 5.25. The molecule has 0 heterocycles. The minimum absolute atomic E-state index is 0.0148. The van der Waals surface area contributed by atoms with Crippen LogP contribution in [0, 0.1) is 5.92 Å². The lowest BCUT2D eigenvalue weighted by Crippen LogP contribution is -2.55. The molecule has 10 heteroatoms. The van der Waals surface area contributed by atoms with Crippen molar-refractivity contribution < 1.29 is 29.4 Å². The predicted molar refractivity (Wildman–Crippen MR) is 124 cm³/mol. The number of Topliss-reactive ketones (excluding diaryl/α,β-unsaturated/α-hetero) is 3. The minimum atomic E-state index is -1.26. The van der Waals surface area contributed by atoms with E-state index in [1.807, 2.05) is 13.8 Å². The minimum Gasteiger partial charge on any atom is -0.508 e. The van der Waals surface area contributed by atoms with E-state index in [2.05, 4.69) is 16.0 Å². The van der Waals surface area contributed by atoms with E-state index in [1.54, 1.807) is 26.1 Å². The summed E-state index contributed by atoms with van der Waals surface area (Å²) in [5.74, 6) is -2.54. The summed E-state index contributed by atoms with van der Waals surface area (Å²) >= 11 is 0. The van der Waals surface area contributed by atoms with Gasteiger partial charge in [-0.15, -0.1) is 0 Å². The summed E-state index contributed by atoms with van der Waals surface area (Å²) in [6.45, 7) is 4.46. The molecule has 10 nitrogen and oxygen atoms in total. The predicted octanol–water partition coefficient (Wildman–Crippen LogP) is -0.941. The van der Waals surface area contributed by atoms with Gasteiger partial charge < -0.3 is 26.6 Å². The zero-order chi connectivity index (χ0) is 25.1. The number of amides is 1. The second-order valence-corrected chi connectivity index (χ2v) is 8.49. The molecule has 184 valence electrons. The van der Waals surface area contributed by atoms with Crippen LogP contribution in [-0.2, 0) is 25.6 Å². The molecule has 0 aromatic heterocycles. The van der Waals surface area contributed by atoms with Crippen LogP contribution in [-0.4, -0.2) is 77.8 Å². The first-order valence-electron chi connectivity index (χ1n) is 11.0. The zero-order valence-corrected chi connectivity index (χ0v) is 19.6. The first kappa shape index (κ1) is 28.4. The van der Waals surface area contributed by atoms with Gasteiger partial charge in [0.2, 0.25) is 17.5 Å². The first-order valence-corrected chi connectivity index (χ1v) is 11.0. The van der Waals surface area contributed by atoms with Crippen LogP contribution in [0.5, 0.6) is 5.75 Å². The fraction of sp³-hybridized carbons (Fsp3) is 0.565. The highest BCUT2D eigenvalue weighted by molar-refractivity contribution is 6.41. The van der Waals surface area contributed by atoms with Gasteiger partial charge in [0.05, 0.1) is 37.3 Å². The molecule has 7 N–H and O–H groups in total. The Bertz CT molecular complexity index is 812. The summed E-state index contributed by atoms with van der Waals surface area (Å²) in [5.41, 5.74) is 6.71. The van der Waals surface area contributed by atoms with Crippen molar-refractivity contribution in [1.29, 1.82) is 0 Å². The van der Waals surface area contributed by atoms with Crippen molar-refractivity contribution in [2.24, 2.45) is 11.7 Å². The smallest absolute Gasteiger partial charge is 0.237 e. The van der Waals surface area contributed by atoms with Crippen LogP contribution in [0.25, 0.3) is 0 Å². The number of ketones is 3. The summed E-state index contributed by atoms with van der Waals surface area (Å²) in [5, 5.41) is 26.9. The molecule has 33 heavy (non-hydrogen) atoms. The highest BCUT2D eigenvalue weighted by atomic mass is 16.3. The number of carbonyl (C=O) groups is 4. The summed E-state index contributed by atoms with van der Waals surface area (Å²) in [6, 6.07) is 2.43. The lowest BCUT2D eigenvalue weighted by molar-refractivity contribution is -0.141. The van der Waals surface area contributed by atoms with Crippen molar-refractivity contribution in [3.63, 3.8) is 0 Å². The Morgan fingerprint density at radius 2 is 1.58 bits per heavy atom. The summed E-state index contributed by atoms with van der Waals surface area (Å²) in [7, 11) is 1.62. The van der Waals surface area contributed by atoms with Gasteiger partial charge in [-0.1, -0.05) is 26.0 Å². The van der Waals surface area contributed by atoms with Gasteiger partial charge in [-0.3, -0.25) is 24.5 Å². The largest absolute Gasteiger partial charge is 0.508 e. The fourth-order valence-corrected chi connectivity index (χ4v) is 3.08. The lowest BCUT2D eigenvalue weighted by atomic mass is 9.94.